The third kappa shape index (κ3) is 4.03. The van der Waals surface area contributed by atoms with Crippen molar-refractivity contribution in [1.29, 1.82) is 0 Å². The molecule has 1 amide bonds. The number of rotatable bonds is 4. The van der Waals surface area contributed by atoms with Gasteiger partial charge in [0.05, 0.1) is 11.4 Å². The van der Waals surface area contributed by atoms with E-state index in [1.165, 1.54) is 0 Å². The van der Waals surface area contributed by atoms with Crippen molar-refractivity contribution >= 4 is 34.2 Å². The van der Waals surface area contributed by atoms with Gasteiger partial charge in [0, 0.05) is 22.1 Å². The van der Waals surface area contributed by atoms with Crippen LogP contribution in [0.15, 0.2) is 42.5 Å². The molecule has 0 bridgehead atoms. The molecule has 146 valence electrons. The minimum absolute atomic E-state index is 0.300. The minimum Gasteiger partial charge on any atom is -0.297 e. The number of halogens is 1. The Labute approximate surface area is 176 Å². The second-order valence-corrected chi connectivity index (χ2v) is 7.86. The zero-order chi connectivity index (χ0) is 20.5. The second kappa shape index (κ2) is 7.73. The predicted octanol–water partition coefficient (Wildman–Crippen LogP) is 4.62. The van der Waals surface area contributed by atoms with Crippen molar-refractivity contribution in [2.24, 2.45) is 0 Å². The summed E-state index contributed by atoms with van der Waals surface area (Å²) in [7, 11) is 0. The number of carbonyl (C=O) groups is 1. The highest BCUT2D eigenvalue weighted by Crippen LogP contribution is 2.25. The van der Waals surface area contributed by atoms with E-state index in [9.17, 15) is 4.79 Å². The molecule has 0 atom stereocenters. The van der Waals surface area contributed by atoms with Gasteiger partial charge in [-0.15, -0.1) is 5.10 Å². The molecule has 1 N–H and O–H groups in total. The van der Waals surface area contributed by atoms with Crippen LogP contribution < -0.4 is 5.32 Å². The lowest BCUT2D eigenvalue weighted by Crippen LogP contribution is -2.11. The lowest BCUT2D eigenvalue weighted by Gasteiger charge is -2.06. The summed E-state index contributed by atoms with van der Waals surface area (Å²) in [4.78, 5) is 16.8. The lowest BCUT2D eigenvalue weighted by atomic mass is 10.1. The molecule has 0 aliphatic heterocycles. The average molecular weight is 425 g/mol. The Morgan fingerprint density at radius 2 is 1.86 bits per heavy atom. The molecule has 0 saturated heterocycles. The van der Waals surface area contributed by atoms with Crippen LogP contribution in [0.2, 0.25) is 5.02 Å². The predicted molar refractivity (Wildman–Crippen MR) is 114 cm³/mol. The standard InChI is InChI=1S/C20H17ClN6OS/c1-11-7-12(2)9-16(8-11)27-13(3)17(24-26-27)18-22-20(29-25-18)23-19(28)14-5-4-6-15(21)10-14/h4-10H,1-3H3,(H,22,23,25,28). The summed E-state index contributed by atoms with van der Waals surface area (Å²) in [5.74, 6) is 0.121. The Hall–Kier alpha value is -3.10. The second-order valence-electron chi connectivity index (χ2n) is 6.67. The topological polar surface area (TPSA) is 85.6 Å². The van der Waals surface area contributed by atoms with E-state index in [1.54, 1.807) is 28.9 Å². The maximum atomic E-state index is 12.4. The average Bonchev–Trinajstić information content (AvgIpc) is 3.27. The number of aryl methyl sites for hydroxylation is 2. The summed E-state index contributed by atoms with van der Waals surface area (Å²) in [5.41, 5.74) is 5.07. The number of benzene rings is 2. The number of aromatic nitrogens is 5. The fourth-order valence-corrected chi connectivity index (χ4v) is 3.78. The molecule has 2 aromatic carbocycles. The van der Waals surface area contributed by atoms with Gasteiger partial charge >= 0.3 is 0 Å². The normalized spacial score (nSPS) is 10.9. The molecule has 4 aromatic rings. The first-order valence-electron chi connectivity index (χ1n) is 8.82. The van der Waals surface area contributed by atoms with Gasteiger partial charge in [-0.1, -0.05) is 28.9 Å². The van der Waals surface area contributed by atoms with Crippen molar-refractivity contribution in [2.75, 3.05) is 5.32 Å². The van der Waals surface area contributed by atoms with Crippen molar-refractivity contribution < 1.29 is 4.79 Å². The van der Waals surface area contributed by atoms with Gasteiger partial charge in [-0.2, -0.15) is 9.36 Å². The smallest absolute Gasteiger partial charge is 0.257 e. The maximum Gasteiger partial charge on any atom is 0.257 e. The van der Waals surface area contributed by atoms with Crippen LogP contribution in [0.3, 0.4) is 0 Å². The van der Waals surface area contributed by atoms with Crippen molar-refractivity contribution in [3.05, 3.63) is 69.9 Å². The van der Waals surface area contributed by atoms with E-state index in [2.05, 4.69) is 31.1 Å². The summed E-state index contributed by atoms with van der Waals surface area (Å²) < 4.78 is 6.09. The highest BCUT2D eigenvalue weighted by molar-refractivity contribution is 7.10. The van der Waals surface area contributed by atoms with Gasteiger partial charge < -0.3 is 0 Å². The van der Waals surface area contributed by atoms with E-state index in [0.29, 0.717) is 27.2 Å². The van der Waals surface area contributed by atoms with E-state index in [1.807, 2.05) is 32.9 Å². The molecule has 0 radical (unpaired) electrons. The van der Waals surface area contributed by atoms with Gasteiger partial charge in [0.25, 0.3) is 5.91 Å². The quantitative estimate of drug-likeness (QED) is 0.516. The molecular formula is C20H17ClN6OS. The van der Waals surface area contributed by atoms with Gasteiger partial charge in [-0.05, 0) is 62.2 Å². The van der Waals surface area contributed by atoms with Crippen LogP contribution in [0.25, 0.3) is 17.2 Å². The third-order valence-electron chi connectivity index (χ3n) is 4.29. The Kier molecular flexibility index (Phi) is 5.12. The van der Waals surface area contributed by atoms with Crippen molar-refractivity contribution in [3.8, 4) is 17.2 Å². The van der Waals surface area contributed by atoms with Gasteiger partial charge in [-0.3, -0.25) is 10.1 Å². The molecule has 0 fully saturated rings. The van der Waals surface area contributed by atoms with E-state index >= 15 is 0 Å². The largest absolute Gasteiger partial charge is 0.297 e. The van der Waals surface area contributed by atoms with E-state index in [0.717, 1.165) is 34.0 Å². The number of hydrogen-bond acceptors (Lipinski definition) is 6. The Morgan fingerprint density at radius 1 is 1.10 bits per heavy atom. The van der Waals surface area contributed by atoms with Crippen LogP contribution in [0, 0.1) is 20.8 Å². The number of amides is 1. The van der Waals surface area contributed by atoms with Crippen LogP contribution in [0.4, 0.5) is 5.13 Å². The number of carbonyl (C=O) groups excluding carboxylic acids is 1. The fourth-order valence-electron chi connectivity index (χ4n) is 3.02. The zero-order valence-corrected chi connectivity index (χ0v) is 17.5. The molecular weight excluding hydrogens is 408 g/mol. The first-order chi connectivity index (χ1) is 13.9. The van der Waals surface area contributed by atoms with Crippen LogP contribution in [0.1, 0.15) is 27.2 Å². The van der Waals surface area contributed by atoms with Crippen molar-refractivity contribution in [3.63, 3.8) is 0 Å². The van der Waals surface area contributed by atoms with Gasteiger partial charge in [0.15, 0.2) is 11.5 Å². The Morgan fingerprint density at radius 3 is 2.59 bits per heavy atom. The first kappa shape index (κ1) is 19.2. The summed E-state index contributed by atoms with van der Waals surface area (Å²) >= 11 is 7.03. The van der Waals surface area contributed by atoms with Crippen LogP contribution in [0.5, 0.6) is 0 Å². The Bertz CT molecular complexity index is 1200. The highest BCUT2D eigenvalue weighted by atomic mass is 35.5. The monoisotopic (exact) mass is 424 g/mol. The van der Waals surface area contributed by atoms with Crippen molar-refractivity contribution in [1.82, 2.24) is 24.4 Å². The molecule has 0 aliphatic rings. The highest BCUT2D eigenvalue weighted by Gasteiger charge is 2.18. The molecule has 2 heterocycles. The molecule has 4 rings (SSSR count). The van der Waals surface area contributed by atoms with Gasteiger partial charge in [0.1, 0.15) is 0 Å². The summed E-state index contributed by atoms with van der Waals surface area (Å²) in [6, 6.07) is 12.9. The van der Waals surface area contributed by atoms with Gasteiger partial charge in [0.2, 0.25) is 5.13 Å². The van der Waals surface area contributed by atoms with Crippen LogP contribution >= 0.6 is 23.1 Å². The summed E-state index contributed by atoms with van der Waals surface area (Å²) in [5, 5.41) is 12.1. The molecule has 0 saturated carbocycles. The van der Waals surface area contributed by atoms with E-state index in [-0.39, 0.29) is 5.91 Å². The maximum absolute atomic E-state index is 12.4. The molecule has 2 aromatic heterocycles. The van der Waals surface area contributed by atoms with Crippen molar-refractivity contribution in [2.45, 2.75) is 20.8 Å². The third-order valence-corrected chi connectivity index (χ3v) is 5.16. The number of nitrogens with one attached hydrogen (secondary N) is 1. The number of hydrogen-bond donors (Lipinski definition) is 1. The molecule has 7 nitrogen and oxygen atoms in total. The Balaban J connectivity index is 1.59. The molecule has 0 aliphatic carbocycles. The molecule has 0 spiro atoms. The van der Waals surface area contributed by atoms with E-state index < -0.39 is 0 Å². The SMILES string of the molecule is Cc1cc(C)cc(-n2nnc(-c3nsc(NC(=O)c4cccc(Cl)c4)n3)c2C)c1. The summed E-state index contributed by atoms with van der Waals surface area (Å²) in [6.45, 7) is 6.00. The van der Waals surface area contributed by atoms with Crippen LogP contribution in [-0.2, 0) is 0 Å². The number of nitrogens with zero attached hydrogens (tertiary/aromatic N) is 5. The molecule has 9 heteroatoms. The molecule has 0 unspecified atom stereocenters. The zero-order valence-electron chi connectivity index (χ0n) is 16.0. The fraction of sp³-hybridized carbons (Fsp3) is 0.150. The summed E-state index contributed by atoms with van der Waals surface area (Å²) in [6.07, 6.45) is 0. The molecule has 29 heavy (non-hydrogen) atoms. The van der Waals surface area contributed by atoms with Crippen LogP contribution in [-0.4, -0.2) is 30.3 Å². The lowest BCUT2D eigenvalue weighted by molar-refractivity contribution is 0.102. The first-order valence-corrected chi connectivity index (χ1v) is 9.98. The van der Waals surface area contributed by atoms with Gasteiger partial charge in [-0.25, -0.2) is 4.68 Å². The van der Waals surface area contributed by atoms with E-state index in [4.69, 9.17) is 11.6 Å². The minimum atomic E-state index is -0.300. The number of anilines is 1.